The van der Waals surface area contributed by atoms with Crippen LogP contribution < -0.4 is 16.8 Å². The Bertz CT molecular complexity index is 596. The molecule has 2 rings (SSSR count). The predicted molar refractivity (Wildman–Crippen MR) is 81.4 cm³/mol. The number of carbonyl (C=O) groups excluding carboxylic acids is 1. The molecule has 5 N–H and O–H groups in total. The highest BCUT2D eigenvalue weighted by molar-refractivity contribution is 7.09. The van der Waals surface area contributed by atoms with Gasteiger partial charge in [0, 0.05) is 17.6 Å². The van der Waals surface area contributed by atoms with Crippen molar-refractivity contribution in [2.75, 3.05) is 5.73 Å². The number of carbonyl (C=O) groups is 1. The molecule has 0 aliphatic rings. The fourth-order valence-electron chi connectivity index (χ4n) is 1.70. The Morgan fingerprint density at radius 1 is 1.45 bits per heavy atom. The number of nitrogens with two attached hydrogens (primary N) is 2. The first kappa shape index (κ1) is 14.5. The quantitative estimate of drug-likeness (QED) is 0.735. The summed E-state index contributed by atoms with van der Waals surface area (Å²) in [6.45, 7) is 2.38. The molecule has 0 saturated heterocycles. The van der Waals surface area contributed by atoms with E-state index in [0.717, 1.165) is 17.0 Å². The van der Waals surface area contributed by atoms with E-state index in [1.807, 2.05) is 31.2 Å². The van der Waals surface area contributed by atoms with Crippen molar-refractivity contribution in [1.82, 2.24) is 10.3 Å². The summed E-state index contributed by atoms with van der Waals surface area (Å²) in [6.07, 6.45) is 0.801. The SMILES string of the molecule is CCC(N)c1nc(C(=O)NCc2ccccc2N)cs1. The average molecular weight is 290 g/mol. The van der Waals surface area contributed by atoms with Crippen LogP contribution >= 0.6 is 11.3 Å². The number of benzene rings is 1. The Morgan fingerprint density at radius 2 is 2.20 bits per heavy atom. The van der Waals surface area contributed by atoms with E-state index in [0.29, 0.717) is 17.9 Å². The summed E-state index contributed by atoms with van der Waals surface area (Å²) in [5.74, 6) is -0.209. The second kappa shape index (κ2) is 6.49. The van der Waals surface area contributed by atoms with Crippen LogP contribution in [0.3, 0.4) is 0 Å². The Labute approximate surface area is 122 Å². The lowest BCUT2D eigenvalue weighted by Crippen LogP contribution is -2.23. The van der Waals surface area contributed by atoms with E-state index >= 15 is 0 Å². The molecule has 1 unspecified atom stereocenters. The monoisotopic (exact) mass is 290 g/mol. The molecule has 1 aromatic heterocycles. The minimum Gasteiger partial charge on any atom is -0.398 e. The van der Waals surface area contributed by atoms with Gasteiger partial charge in [0.15, 0.2) is 0 Å². The van der Waals surface area contributed by atoms with Gasteiger partial charge in [-0.1, -0.05) is 25.1 Å². The number of hydrogen-bond donors (Lipinski definition) is 3. The summed E-state index contributed by atoms with van der Waals surface area (Å²) in [6, 6.07) is 7.34. The van der Waals surface area contributed by atoms with Crippen molar-refractivity contribution < 1.29 is 4.79 Å². The molecule has 0 radical (unpaired) electrons. The number of hydrogen-bond acceptors (Lipinski definition) is 5. The Kier molecular flexibility index (Phi) is 4.70. The summed E-state index contributed by atoms with van der Waals surface area (Å²) >= 11 is 1.41. The average Bonchev–Trinajstić information content (AvgIpc) is 2.95. The van der Waals surface area contributed by atoms with Gasteiger partial charge in [-0.05, 0) is 18.1 Å². The highest BCUT2D eigenvalue weighted by atomic mass is 32.1. The van der Waals surface area contributed by atoms with Crippen LogP contribution in [0.25, 0.3) is 0 Å². The Hall–Kier alpha value is -1.92. The number of aromatic nitrogens is 1. The van der Waals surface area contributed by atoms with Gasteiger partial charge in [-0.15, -0.1) is 11.3 Å². The highest BCUT2D eigenvalue weighted by Gasteiger charge is 2.14. The van der Waals surface area contributed by atoms with Crippen LogP contribution in [0.2, 0.25) is 0 Å². The molecule has 1 aromatic carbocycles. The number of nitrogens with zero attached hydrogens (tertiary/aromatic N) is 1. The zero-order chi connectivity index (χ0) is 14.5. The van der Waals surface area contributed by atoms with E-state index in [-0.39, 0.29) is 11.9 Å². The van der Waals surface area contributed by atoms with Crippen molar-refractivity contribution in [2.24, 2.45) is 5.73 Å². The predicted octanol–water partition coefficient (Wildman–Crippen LogP) is 2.07. The fourth-order valence-corrected chi connectivity index (χ4v) is 2.58. The summed E-state index contributed by atoms with van der Waals surface area (Å²) in [4.78, 5) is 16.3. The number of nitrogen functional groups attached to an aromatic ring is 1. The molecule has 5 nitrogen and oxygen atoms in total. The van der Waals surface area contributed by atoms with Crippen LogP contribution in [-0.2, 0) is 6.54 Å². The number of thiazole rings is 1. The lowest BCUT2D eigenvalue weighted by molar-refractivity contribution is 0.0946. The summed E-state index contributed by atoms with van der Waals surface area (Å²) < 4.78 is 0. The minimum atomic E-state index is -0.209. The van der Waals surface area contributed by atoms with Gasteiger partial charge in [0.2, 0.25) is 0 Å². The molecule has 0 spiro atoms. The van der Waals surface area contributed by atoms with Crippen molar-refractivity contribution in [1.29, 1.82) is 0 Å². The summed E-state index contributed by atoms with van der Waals surface area (Å²) in [5.41, 5.74) is 13.7. The van der Waals surface area contributed by atoms with Gasteiger partial charge in [0.25, 0.3) is 5.91 Å². The van der Waals surface area contributed by atoms with E-state index in [9.17, 15) is 4.79 Å². The molecule has 0 bridgehead atoms. The van der Waals surface area contributed by atoms with Crippen LogP contribution in [0.5, 0.6) is 0 Å². The van der Waals surface area contributed by atoms with Gasteiger partial charge >= 0.3 is 0 Å². The summed E-state index contributed by atoms with van der Waals surface area (Å²) in [5, 5.41) is 5.33. The number of para-hydroxylation sites is 1. The molecule has 1 atom stereocenters. The second-order valence-electron chi connectivity index (χ2n) is 4.47. The third-order valence-electron chi connectivity index (χ3n) is 3.01. The van der Waals surface area contributed by atoms with Crippen molar-refractivity contribution in [3.05, 3.63) is 45.9 Å². The van der Waals surface area contributed by atoms with E-state index < -0.39 is 0 Å². The molecule has 0 aliphatic carbocycles. The van der Waals surface area contributed by atoms with E-state index in [1.165, 1.54) is 11.3 Å². The number of rotatable bonds is 5. The molecule has 6 heteroatoms. The molecule has 0 saturated carbocycles. The van der Waals surface area contributed by atoms with Crippen molar-refractivity contribution in [3.8, 4) is 0 Å². The first-order valence-electron chi connectivity index (χ1n) is 6.44. The molecule has 106 valence electrons. The molecule has 0 fully saturated rings. The van der Waals surface area contributed by atoms with Crippen molar-refractivity contribution in [2.45, 2.75) is 25.9 Å². The Morgan fingerprint density at radius 3 is 2.90 bits per heavy atom. The van der Waals surface area contributed by atoms with Crippen LogP contribution in [0, 0.1) is 0 Å². The number of nitrogens with one attached hydrogen (secondary N) is 1. The molecule has 2 aromatic rings. The van der Waals surface area contributed by atoms with Gasteiger partial charge in [0.1, 0.15) is 10.7 Å². The fraction of sp³-hybridized carbons (Fsp3) is 0.286. The molecule has 20 heavy (non-hydrogen) atoms. The summed E-state index contributed by atoms with van der Waals surface area (Å²) in [7, 11) is 0. The minimum absolute atomic E-state index is 0.105. The lowest BCUT2D eigenvalue weighted by Gasteiger charge is -2.06. The van der Waals surface area contributed by atoms with E-state index in [4.69, 9.17) is 11.5 Å². The highest BCUT2D eigenvalue weighted by Crippen LogP contribution is 2.18. The van der Waals surface area contributed by atoms with Crippen molar-refractivity contribution >= 4 is 22.9 Å². The van der Waals surface area contributed by atoms with Crippen LogP contribution in [0.15, 0.2) is 29.6 Å². The maximum atomic E-state index is 12.0. The van der Waals surface area contributed by atoms with Crippen molar-refractivity contribution in [3.63, 3.8) is 0 Å². The molecule has 0 aliphatic heterocycles. The zero-order valence-corrected chi connectivity index (χ0v) is 12.1. The third-order valence-corrected chi connectivity index (χ3v) is 3.98. The van der Waals surface area contributed by atoms with Crippen LogP contribution in [0.1, 0.15) is 40.4 Å². The van der Waals surface area contributed by atoms with Gasteiger partial charge in [-0.25, -0.2) is 4.98 Å². The topological polar surface area (TPSA) is 94.0 Å². The first-order valence-corrected chi connectivity index (χ1v) is 7.32. The normalized spacial score (nSPS) is 12.1. The molecular weight excluding hydrogens is 272 g/mol. The number of anilines is 1. The molecule has 1 amide bonds. The van der Waals surface area contributed by atoms with Crippen LogP contribution in [-0.4, -0.2) is 10.9 Å². The smallest absolute Gasteiger partial charge is 0.271 e. The Balaban J connectivity index is 1.99. The van der Waals surface area contributed by atoms with Crippen LogP contribution in [0.4, 0.5) is 5.69 Å². The van der Waals surface area contributed by atoms with E-state index in [1.54, 1.807) is 5.38 Å². The van der Waals surface area contributed by atoms with Gasteiger partial charge < -0.3 is 16.8 Å². The molecule has 1 heterocycles. The second-order valence-corrected chi connectivity index (χ2v) is 5.36. The standard InChI is InChI=1S/C14H18N4OS/c1-2-10(15)14-18-12(8-20-14)13(19)17-7-9-5-3-4-6-11(9)16/h3-6,8,10H,2,7,15-16H2,1H3,(H,17,19). The number of amides is 1. The maximum absolute atomic E-state index is 12.0. The first-order chi connectivity index (χ1) is 9.61. The third kappa shape index (κ3) is 3.34. The largest absolute Gasteiger partial charge is 0.398 e. The van der Waals surface area contributed by atoms with E-state index in [2.05, 4.69) is 10.3 Å². The van der Waals surface area contributed by atoms with Gasteiger partial charge in [-0.3, -0.25) is 4.79 Å². The lowest BCUT2D eigenvalue weighted by atomic mass is 10.2. The molecular formula is C14H18N4OS. The van der Waals surface area contributed by atoms with Gasteiger partial charge in [-0.2, -0.15) is 0 Å². The van der Waals surface area contributed by atoms with Gasteiger partial charge in [0.05, 0.1) is 6.04 Å². The maximum Gasteiger partial charge on any atom is 0.271 e. The zero-order valence-electron chi connectivity index (χ0n) is 11.3.